The summed E-state index contributed by atoms with van der Waals surface area (Å²) in [5, 5.41) is 0. The minimum atomic E-state index is -4.23. The third kappa shape index (κ3) is 5.00. The van der Waals surface area contributed by atoms with Gasteiger partial charge in [-0.2, -0.15) is 8.42 Å². The van der Waals surface area contributed by atoms with Crippen LogP contribution in [0.1, 0.15) is 43.2 Å². The zero-order valence-electron chi connectivity index (χ0n) is 19.7. The molecule has 1 saturated carbocycles. The van der Waals surface area contributed by atoms with Gasteiger partial charge in [-0.3, -0.25) is 0 Å². The van der Waals surface area contributed by atoms with E-state index in [1.54, 1.807) is 24.3 Å². The lowest BCUT2D eigenvalue weighted by atomic mass is 9.80. The third-order valence-corrected chi connectivity index (χ3v) is 8.35. The Bertz CT molecular complexity index is 1080. The molecule has 1 aliphatic heterocycles. The van der Waals surface area contributed by atoms with Crippen LogP contribution in [0.5, 0.6) is 0 Å². The van der Waals surface area contributed by atoms with E-state index in [1.807, 2.05) is 25.1 Å². The Morgan fingerprint density at radius 3 is 2.18 bits per heavy atom. The van der Waals surface area contributed by atoms with E-state index in [-0.39, 0.29) is 16.9 Å². The predicted octanol–water partition coefficient (Wildman–Crippen LogP) is 4.18. The first-order valence-electron chi connectivity index (χ1n) is 11.7. The molecule has 0 spiro atoms. The molecule has 0 bridgehead atoms. The van der Waals surface area contributed by atoms with Crippen LogP contribution >= 0.6 is 0 Å². The second-order valence-corrected chi connectivity index (χ2v) is 11.6. The molecule has 1 saturated heterocycles. The topological polar surface area (TPSA) is 69.7 Å². The Labute approximate surface area is 197 Å². The number of esters is 1. The van der Waals surface area contributed by atoms with Crippen LogP contribution < -0.4 is 0 Å². The van der Waals surface area contributed by atoms with Crippen LogP contribution in [0.3, 0.4) is 0 Å². The van der Waals surface area contributed by atoms with Gasteiger partial charge in [0, 0.05) is 12.3 Å². The van der Waals surface area contributed by atoms with E-state index in [0.717, 1.165) is 35.9 Å². The largest absolute Gasteiger partial charge is 0.454 e. The highest BCUT2D eigenvalue weighted by atomic mass is 32.2. The van der Waals surface area contributed by atoms with Gasteiger partial charge in [-0.15, -0.1) is 0 Å². The number of aryl methyl sites for hydroxylation is 1. The van der Waals surface area contributed by atoms with Crippen molar-refractivity contribution in [1.82, 2.24) is 0 Å². The Morgan fingerprint density at radius 2 is 1.61 bits per heavy atom. The van der Waals surface area contributed by atoms with Crippen molar-refractivity contribution in [3.63, 3.8) is 0 Å². The van der Waals surface area contributed by atoms with E-state index in [9.17, 15) is 13.2 Å². The fourth-order valence-corrected chi connectivity index (χ4v) is 6.39. The molecule has 2 aromatic rings. The van der Waals surface area contributed by atoms with E-state index >= 15 is 0 Å². The molecular weight excluding hydrogens is 438 g/mol. The van der Waals surface area contributed by atoms with Crippen molar-refractivity contribution < 1.29 is 26.6 Å². The van der Waals surface area contributed by atoms with Gasteiger partial charge in [0.05, 0.1) is 25.5 Å². The smallest absolute Gasteiger partial charge is 0.345 e. The number of hydrogen-bond donors (Lipinski definition) is 0. The number of hydrogen-bond acceptors (Lipinski definition) is 5. The van der Waals surface area contributed by atoms with Crippen molar-refractivity contribution in [2.75, 3.05) is 27.2 Å². The standard InChI is InChI=1S/C26H34NO5S/c1-20-13-15-24(16-14-20)33(29,30)32-26(22-11-7-8-12-22,21-9-5-4-6-10-21)25(28)31-23-17-18-27(2,3)19-23/h4-6,9-10,13-16,22-23H,7-8,11-12,17-19H2,1-3H3/q+1. The zero-order valence-corrected chi connectivity index (χ0v) is 20.5. The van der Waals surface area contributed by atoms with Gasteiger partial charge in [-0.05, 0) is 37.5 Å². The van der Waals surface area contributed by atoms with Crippen LogP contribution in [0.25, 0.3) is 0 Å². The minimum Gasteiger partial charge on any atom is -0.454 e. The first-order valence-corrected chi connectivity index (χ1v) is 13.1. The van der Waals surface area contributed by atoms with Crippen molar-refractivity contribution in [2.45, 2.75) is 55.6 Å². The molecule has 1 aliphatic carbocycles. The quantitative estimate of drug-likeness (QED) is 0.344. The molecule has 4 rings (SSSR count). The summed E-state index contributed by atoms with van der Waals surface area (Å²) >= 11 is 0. The lowest BCUT2D eigenvalue weighted by molar-refractivity contribution is -0.879. The number of carbonyl (C=O) groups excluding carboxylic acids is 1. The van der Waals surface area contributed by atoms with E-state index in [4.69, 9.17) is 8.92 Å². The summed E-state index contributed by atoms with van der Waals surface area (Å²) in [6.07, 6.45) is 3.75. The molecule has 178 valence electrons. The van der Waals surface area contributed by atoms with E-state index in [2.05, 4.69) is 14.1 Å². The highest BCUT2D eigenvalue weighted by Crippen LogP contribution is 2.46. The highest BCUT2D eigenvalue weighted by molar-refractivity contribution is 7.86. The first-order chi connectivity index (χ1) is 15.6. The van der Waals surface area contributed by atoms with Gasteiger partial charge in [-0.25, -0.2) is 8.98 Å². The second-order valence-electron chi connectivity index (χ2n) is 10.1. The van der Waals surface area contributed by atoms with Crippen molar-refractivity contribution >= 4 is 16.1 Å². The number of likely N-dealkylation sites (N-methyl/N-ethyl adjacent to an activating group) is 1. The lowest BCUT2D eigenvalue weighted by Crippen LogP contribution is -2.49. The maximum Gasteiger partial charge on any atom is 0.345 e. The van der Waals surface area contributed by atoms with Crippen LogP contribution in [0, 0.1) is 12.8 Å². The molecule has 0 aromatic heterocycles. The maximum absolute atomic E-state index is 14.0. The Morgan fingerprint density at radius 1 is 0.970 bits per heavy atom. The summed E-state index contributed by atoms with van der Waals surface area (Å²) in [5.74, 6) is -0.875. The van der Waals surface area contributed by atoms with Crippen LogP contribution in [-0.4, -0.2) is 52.2 Å². The van der Waals surface area contributed by atoms with Crippen molar-refractivity contribution in [3.8, 4) is 0 Å². The SMILES string of the molecule is Cc1ccc(S(=O)(=O)OC(C(=O)OC2CC[N+](C)(C)C2)(c2ccccc2)C2CCCC2)cc1. The number of quaternary nitrogens is 1. The van der Waals surface area contributed by atoms with Crippen LogP contribution in [0.4, 0.5) is 0 Å². The molecule has 0 N–H and O–H groups in total. The number of ether oxygens (including phenoxy) is 1. The Kier molecular flexibility index (Phi) is 6.67. The zero-order chi connectivity index (χ0) is 23.7. The van der Waals surface area contributed by atoms with E-state index in [1.165, 1.54) is 12.1 Å². The fraction of sp³-hybridized carbons (Fsp3) is 0.500. The molecule has 2 aromatic carbocycles. The molecular formula is C26H34NO5S+. The lowest BCUT2D eigenvalue weighted by Gasteiger charge is -2.37. The second kappa shape index (κ2) is 9.20. The van der Waals surface area contributed by atoms with Gasteiger partial charge >= 0.3 is 5.97 Å². The molecule has 7 heteroatoms. The number of likely N-dealkylation sites (tertiary alicyclic amines) is 1. The van der Waals surface area contributed by atoms with Gasteiger partial charge in [-0.1, -0.05) is 60.9 Å². The van der Waals surface area contributed by atoms with Crippen LogP contribution in [0.2, 0.25) is 0 Å². The third-order valence-electron chi connectivity index (χ3n) is 7.01. The molecule has 0 amide bonds. The molecule has 2 unspecified atom stereocenters. The van der Waals surface area contributed by atoms with Gasteiger partial charge in [0.25, 0.3) is 10.1 Å². The summed E-state index contributed by atoms with van der Waals surface area (Å²) in [7, 11) is -0.0169. The van der Waals surface area contributed by atoms with Crippen molar-refractivity contribution in [2.24, 2.45) is 5.92 Å². The van der Waals surface area contributed by atoms with Gasteiger partial charge < -0.3 is 9.22 Å². The highest BCUT2D eigenvalue weighted by Gasteiger charge is 2.55. The molecule has 33 heavy (non-hydrogen) atoms. The molecule has 6 nitrogen and oxygen atoms in total. The van der Waals surface area contributed by atoms with Crippen LogP contribution in [-0.2, 0) is 29.4 Å². The van der Waals surface area contributed by atoms with Gasteiger partial charge in [0.1, 0.15) is 6.54 Å². The number of carbonyl (C=O) groups is 1. The first kappa shape index (κ1) is 23.9. The summed E-state index contributed by atoms with van der Waals surface area (Å²) in [6.45, 7) is 3.50. The maximum atomic E-state index is 14.0. The summed E-state index contributed by atoms with van der Waals surface area (Å²) in [6, 6.07) is 15.5. The molecule has 1 heterocycles. The van der Waals surface area contributed by atoms with Crippen molar-refractivity contribution in [3.05, 3.63) is 65.7 Å². The number of nitrogens with zero attached hydrogens (tertiary/aromatic N) is 1. The van der Waals surface area contributed by atoms with Gasteiger partial charge in [0.15, 0.2) is 6.10 Å². The summed E-state index contributed by atoms with van der Waals surface area (Å²) < 4.78 is 39.8. The Balaban J connectivity index is 1.78. The molecule has 2 fully saturated rings. The predicted molar refractivity (Wildman–Crippen MR) is 126 cm³/mol. The van der Waals surface area contributed by atoms with E-state index < -0.39 is 21.7 Å². The summed E-state index contributed by atoms with van der Waals surface area (Å²) in [5.41, 5.74) is -0.230. The fourth-order valence-electron chi connectivity index (χ4n) is 5.18. The van der Waals surface area contributed by atoms with E-state index in [0.29, 0.717) is 24.9 Å². The van der Waals surface area contributed by atoms with Crippen LogP contribution in [0.15, 0.2) is 59.5 Å². The normalized spacial score (nSPS) is 22.7. The summed E-state index contributed by atoms with van der Waals surface area (Å²) in [4.78, 5) is 14.0. The number of benzene rings is 2. The molecule has 2 atom stereocenters. The number of rotatable bonds is 7. The monoisotopic (exact) mass is 472 g/mol. The molecule has 2 aliphatic rings. The average molecular weight is 473 g/mol. The minimum absolute atomic E-state index is 0.0397. The average Bonchev–Trinajstić information content (AvgIpc) is 3.43. The van der Waals surface area contributed by atoms with Gasteiger partial charge in [0.2, 0.25) is 5.60 Å². The van der Waals surface area contributed by atoms with Crippen molar-refractivity contribution in [1.29, 1.82) is 0 Å². The molecule has 0 radical (unpaired) electrons. The Hall–Kier alpha value is -2.22.